The maximum absolute atomic E-state index is 12.7. The van der Waals surface area contributed by atoms with Crippen LogP contribution in [0.2, 0.25) is 0 Å². The Labute approximate surface area is 131 Å². The van der Waals surface area contributed by atoms with E-state index in [9.17, 15) is 4.79 Å². The molecule has 0 saturated heterocycles. The highest BCUT2D eigenvalue weighted by atomic mass is 16.1. The van der Waals surface area contributed by atoms with Gasteiger partial charge in [-0.2, -0.15) is 0 Å². The average molecular weight is 286 g/mol. The monoisotopic (exact) mass is 286 g/mol. The molecule has 0 heterocycles. The van der Waals surface area contributed by atoms with Crippen molar-refractivity contribution < 1.29 is 4.79 Å². The van der Waals surface area contributed by atoms with Crippen molar-refractivity contribution in [2.45, 2.75) is 13.8 Å². The lowest BCUT2D eigenvalue weighted by molar-refractivity contribution is 0.103. The molecule has 108 valence electrons. The topological polar surface area (TPSA) is 17.1 Å². The first-order chi connectivity index (χ1) is 10.6. The van der Waals surface area contributed by atoms with Crippen LogP contribution in [0.1, 0.15) is 27.0 Å². The number of rotatable bonds is 3. The minimum Gasteiger partial charge on any atom is -0.289 e. The fourth-order valence-electron chi connectivity index (χ4n) is 2.54. The Bertz CT molecular complexity index is 799. The molecule has 0 aliphatic heterocycles. The van der Waals surface area contributed by atoms with Crippen molar-refractivity contribution >= 4 is 5.78 Å². The zero-order valence-corrected chi connectivity index (χ0v) is 12.8. The Morgan fingerprint density at radius 1 is 0.727 bits per heavy atom. The fourth-order valence-corrected chi connectivity index (χ4v) is 2.54. The molecule has 0 fully saturated rings. The summed E-state index contributed by atoms with van der Waals surface area (Å²) in [6, 6.07) is 23.9. The van der Waals surface area contributed by atoms with Crippen molar-refractivity contribution in [3.63, 3.8) is 0 Å². The lowest BCUT2D eigenvalue weighted by atomic mass is 9.94. The molecule has 0 spiro atoms. The number of carbonyl (C=O) groups is 1. The molecule has 0 aliphatic rings. The predicted molar refractivity (Wildman–Crippen MR) is 91.2 cm³/mol. The highest BCUT2D eigenvalue weighted by molar-refractivity contribution is 6.10. The van der Waals surface area contributed by atoms with Crippen LogP contribution in [0.4, 0.5) is 0 Å². The van der Waals surface area contributed by atoms with Gasteiger partial charge in [-0.05, 0) is 36.6 Å². The van der Waals surface area contributed by atoms with E-state index < -0.39 is 0 Å². The van der Waals surface area contributed by atoms with Crippen LogP contribution in [0.25, 0.3) is 11.1 Å². The van der Waals surface area contributed by atoms with E-state index in [4.69, 9.17) is 0 Å². The van der Waals surface area contributed by atoms with E-state index in [0.29, 0.717) is 0 Å². The Kier molecular flexibility index (Phi) is 3.88. The number of benzene rings is 3. The van der Waals surface area contributed by atoms with Gasteiger partial charge in [-0.15, -0.1) is 0 Å². The second-order valence-corrected chi connectivity index (χ2v) is 5.59. The lowest BCUT2D eigenvalue weighted by Gasteiger charge is -2.09. The Hall–Kier alpha value is -2.67. The SMILES string of the molecule is Cc1ccc(-c2ccc(C)c(C(=O)c3ccccc3)c2)cc1. The standard InChI is InChI=1S/C21H18O/c1-15-8-11-17(12-9-15)19-13-10-16(2)20(14-19)21(22)18-6-4-3-5-7-18/h3-14H,1-2H3. The molecule has 0 aliphatic carbocycles. The van der Waals surface area contributed by atoms with Gasteiger partial charge < -0.3 is 0 Å². The molecular weight excluding hydrogens is 268 g/mol. The third-order valence-electron chi connectivity index (χ3n) is 3.90. The van der Waals surface area contributed by atoms with E-state index in [0.717, 1.165) is 27.8 Å². The van der Waals surface area contributed by atoms with Crippen LogP contribution in [0.15, 0.2) is 72.8 Å². The van der Waals surface area contributed by atoms with Gasteiger partial charge in [-0.3, -0.25) is 4.79 Å². The lowest BCUT2D eigenvalue weighted by Crippen LogP contribution is -2.03. The van der Waals surface area contributed by atoms with Gasteiger partial charge in [-0.1, -0.05) is 72.3 Å². The quantitative estimate of drug-likeness (QED) is 0.605. The number of ketones is 1. The Morgan fingerprint density at radius 3 is 2.05 bits per heavy atom. The number of hydrogen-bond donors (Lipinski definition) is 0. The summed E-state index contributed by atoms with van der Waals surface area (Å²) in [5, 5.41) is 0. The van der Waals surface area contributed by atoms with Crippen molar-refractivity contribution in [3.05, 3.63) is 95.1 Å². The van der Waals surface area contributed by atoms with Gasteiger partial charge in [-0.25, -0.2) is 0 Å². The zero-order valence-electron chi connectivity index (χ0n) is 12.8. The van der Waals surface area contributed by atoms with Crippen LogP contribution in [0.3, 0.4) is 0 Å². The molecule has 3 aromatic carbocycles. The minimum atomic E-state index is 0.0760. The first kappa shape index (κ1) is 14.3. The van der Waals surface area contributed by atoms with Gasteiger partial charge >= 0.3 is 0 Å². The summed E-state index contributed by atoms with van der Waals surface area (Å²) in [5.74, 6) is 0.0760. The highest BCUT2D eigenvalue weighted by Gasteiger charge is 2.12. The largest absolute Gasteiger partial charge is 0.289 e. The molecule has 3 rings (SSSR count). The van der Waals surface area contributed by atoms with E-state index >= 15 is 0 Å². The van der Waals surface area contributed by atoms with Crippen LogP contribution in [-0.2, 0) is 0 Å². The summed E-state index contributed by atoms with van der Waals surface area (Å²) in [7, 11) is 0. The van der Waals surface area contributed by atoms with E-state index in [-0.39, 0.29) is 5.78 Å². The third kappa shape index (κ3) is 2.84. The fraction of sp³-hybridized carbons (Fsp3) is 0.0952. The van der Waals surface area contributed by atoms with Crippen molar-refractivity contribution in [1.82, 2.24) is 0 Å². The van der Waals surface area contributed by atoms with Crippen molar-refractivity contribution in [2.75, 3.05) is 0 Å². The molecule has 22 heavy (non-hydrogen) atoms. The maximum atomic E-state index is 12.7. The first-order valence-corrected chi connectivity index (χ1v) is 7.42. The van der Waals surface area contributed by atoms with Crippen LogP contribution in [0.5, 0.6) is 0 Å². The molecule has 0 saturated carbocycles. The minimum absolute atomic E-state index is 0.0760. The van der Waals surface area contributed by atoms with Crippen LogP contribution in [0, 0.1) is 13.8 Å². The van der Waals surface area contributed by atoms with Crippen molar-refractivity contribution in [3.8, 4) is 11.1 Å². The summed E-state index contributed by atoms with van der Waals surface area (Å²) in [4.78, 5) is 12.7. The first-order valence-electron chi connectivity index (χ1n) is 7.42. The molecular formula is C21H18O. The molecule has 1 heteroatoms. The summed E-state index contributed by atoms with van der Waals surface area (Å²) in [5.41, 5.74) is 5.94. The van der Waals surface area contributed by atoms with E-state index in [2.05, 4.69) is 37.3 Å². The second kappa shape index (κ2) is 5.98. The van der Waals surface area contributed by atoms with Crippen LogP contribution < -0.4 is 0 Å². The Morgan fingerprint density at radius 2 is 1.36 bits per heavy atom. The molecule has 0 bridgehead atoms. The van der Waals surface area contributed by atoms with E-state index in [1.165, 1.54) is 5.56 Å². The van der Waals surface area contributed by atoms with Crippen LogP contribution >= 0.6 is 0 Å². The molecule has 0 radical (unpaired) electrons. The normalized spacial score (nSPS) is 10.5. The molecule has 0 aromatic heterocycles. The summed E-state index contributed by atoms with van der Waals surface area (Å²) in [6.07, 6.45) is 0. The molecule has 0 amide bonds. The summed E-state index contributed by atoms with van der Waals surface area (Å²) < 4.78 is 0. The Balaban J connectivity index is 2.04. The molecule has 0 unspecified atom stereocenters. The predicted octanol–water partition coefficient (Wildman–Crippen LogP) is 5.20. The van der Waals surface area contributed by atoms with Gasteiger partial charge in [0.05, 0.1) is 0 Å². The third-order valence-corrected chi connectivity index (χ3v) is 3.90. The second-order valence-electron chi connectivity index (χ2n) is 5.59. The van der Waals surface area contributed by atoms with Crippen molar-refractivity contribution in [1.29, 1.82) is 0 Å². The molecule has 1 nitrogen and oxygen atoms in total. The van der Waals surface area contributed by atoms with Gasteiger partial charge in [0.2, 0.25) is 0 Å². The molecule has 0 atom stereocenters. The van der Waals surface area contributed by atoms with Gasteiger partial charge in [0, 0.05) is 11.1 Å². The summed E-state index contributed by atoms with van der Waals surface area (Å²) in [6.45, 7) is 4.05. The van der Waals surface area contributed by atoms with Gasteiger partial charge in [0.1, 0.15) is 0 Å². The number of hydrogen-bond acceptors (Lipinski definition) is 1. The molecule has 3 aromatic rings. The maximum Gasteiger partial charge on any atom is 0.193 e. The number of aryl methyl sites for hydroxylation is 2. The van der Waals surface area contributed by atoms with Gasteiger partial charge in [0.15, 0.2) is 5.78 Å². The average Bonchev–Trinajstić information content (AvgIpc) is 2.56. The van der Waals surface area contributed by atoms with Gasteiger partial charge in [0.25, 0.3) is 0 Å². The smallest absolute Gasteiger partial charge is 0.193 e. The van der Waals surface area contributed by atoms with Crippen LogP contribution in [-0.4, -0.2) is 5.78 Å². The van der Waals surface area contributed by atoms with E-state index in [1.54, 1.807) is 0 Å². The molecule has 0 N–H and O–H groups in total. The summed E-state index contributed by atoms with van der Waals surface area (Å²) >= 11 is 0. The zero-order chi connectivity index (χ0) is 15.5. The van der Waals surface area contributed by atoms with Crippen molar-refractivity contribution in [2.24, 2.45) is 0 Å². The van der Waals surface area contributed by atoms with E-state index in [1.807, 2.05) is 49.4 Å². The number of carbonyl (C=O) groups excluding carboxylic acids is 1. The highest BCUT2D eigenvalue weighted by Crippen LogP contribution is 2.24.